The second-order valence-electron chi connectivity index (χ2n) is 4.70. The van der Waals surface area contributed by atoms with Crippen LogP contribution in [0.5, 0.6) is 0 Å². The molecule has 0 saturated heterocycles. The number of aliphatic hydroxyl groups excluding tert-OH is 1. The number of carboxylic acid groups (broad SMARTS) is 1. The summed E-state index contributed by atoms with van der Waals surface area (Å²) in [6.07, 6.45) is 6.19. The van der Waals surface area contributed by atoms with Gasteiger partial charge in [-0.05, 0) is 30.2 Å². The third-order valence-corrected chi connectivity index (χ3v) is 4.53. The van der Waals surface area contributed by atoms with Crippen LogP contribution < -0.4 is 0 Å². The molecule has 0 bridgehead atoms. The predicted octanol–water partition coefficient (Wildman–Crippen LogP) is 3.45. The number of aliphatic hydroxyl groups is 1. The maximum atomic E-state index is 11.0. The zero-order chi connectivity index (χ0) is 12.3. The Bertz CT molecular complexity index is 378. The van der Waals surface area contributed by atoms with E-state index < -0.39 is 12.1 Å². The van der Waals surface area contributed by atoms with Gasteiger partial charge in [0.05, 0.1) is 11.7 Å². The Morgan fingerprint density at radius 1 is 1.29 bits per heavy atom. The summed E-state index contributed by atoms with van der Waals surface area (Å²) in [4.78, 5) is 11.7. The Balaban J connectivity index is 2.14. The van der Waals surface area contributed by atoms with Crippen molar-refractivity contribution in [3.63, 3.8) is 0 Å². The SMILES string of the molecule is O=C(O)c1ccsc1C(O)C1CCCCCC1. The van der Waals surface area contributed by atoms with Crippen LogP contribution in [0.3, 0.4) is 0 Å². The molecule has 0 aliphatic heterocycles. The molecule has 1 fully saturated rings. The van der Waals surface area contributed by atoms with E-state index in [0.29, 0.717) is 4.88 Å². The Hall–Kier alpha value is -0.870. The fourth-order valence-electron chi connectivity index (χ4n) is 2.57. The first-order valence-corrected chi connectivity index (χ1v) is 7.07. The van der Waals surface area contributed by atoms with Gasteiger partial charge in [0.1, 0.15) is 0 Å². The number of rotatable bonds is 3. The molecule has 1 heterocycles. The molecule has 1 atom stereocenters. The number of carbonyl (C=O) groups is 1. The first kappa shape index (κ1) is 12.6. The lowest BCUT2D eigenvalue weighted by atomic mass is 9.92. The van der Waals surface area contributed by atoms with E-state index in [4.69, 9.17) is 5.11 Å². The van der Waals surface area contributed by atoms with E-state index in [9.17, 15) is 9.90 Å². The summed E-state index contributed by atoms with van der Waals surface area (Å²) in [6.45, 7) is 0. The first-order chi connectivity index (χ1) is 8.20. The molecule has 1 saturated carbocycles. The first-order valence-electron chi connectivity index (χ1n) is 6.19. The van der Waals surface area contributed by atoms with Gasteiger partial charge in [0.2, 0.25) is 0 Å². The molecule has 0 amide bonds. The summed E-state index contributed by atoms with van der Waals surface area (Å²) in [5.41, 5.74) is 0.270. The molecule has 2 N–H and O–H groups in total. The van der Waals surface area contributed by atoms with Crippen LogP contribution in [0.2, 0.25) is 0 Å². The minimum atomic E-state index is -0.936. The van der Waals surface area contributed by atoms with Crippen molar-refractivity contribution in [2.24, 2.45) is 5.92 Å². The molecule has 94 valence electrons. The zero-order valence-electron chi connectivity index (χ0n) is 9.76. The van der Waals surface area contributed by atoms with Gasteiger partial charge in [0.25, 0.3) is 0 Å². The topological polar surface area (TPSA) is 57.5 Å². The Labute approximate surface area is 105 Å². The molecule has 1 aromatic rings. The van der Waals surface area contributed by atoms with E-state index in [0.717, 1.165) is 25.7 Å². The standard InChI is InChI=1S/C13H18O3S/c14-11(9-5-3-1-2-4-6-9)12-10(13(15)16)7-8-17-12/h7-9,11,14H,1-6H2,(H,15,16). The molecule has 0 radical (unpaired) electrons. The zero-order valence-corrected chi connectivity index (χ0v) is 10.6. The molecule has 1 aliphatic carbocycles. The smallest absolute Gasteiger partial charge is 0.336 e. The fourth-order valence-corrected chi connectivity index (χ4v) is 3.53. The summed E-state index contributed by atoms with van der Waals surface area (Å²) in [7, 11) is 0. The van der Waals surface area contributed by atoms with Crippen LogP contribution in [0.1, 0.15) is 59.9 Å². The van der Waals surface area contributed by atoms with Gasteiger partial charge in [0, 0.05) is 4.88 Å². The maximum absolute atomic E-state index is 11.0. The van der Waals surface area contributed by atoms with Crippen molar-refractivity contribution >= 4 is 17.3 Å². The normalized spacial score (nSPS) is 19.8. The molecule has 3 nitrogen and oxygen atoms in total. The summed E-state index contributed by atoms with van der Waals surface area (Å²) in [5.74, 6) is -0.705. The van der Waals surface area contributed by atoms with E-state index in [-0.39, 0.29) is 11.5 Å². The third kappa shape index (κ3) is 2.87. The highest BCUT2D eigenvalue weighted by atomic mass is 32.1. The Kier molecular flexibility index (Phi) is 4.18. The minimum Gasteiger partial charge on any atom is -0.478 e. The molecule has 0 spiro atoms. The Morgan fingerprint density at radius 3 is 2.53 bits per heavy atom. The van der Waals surface area contributed by atoms with Crippen LogP contribution >= 0.6 is 11.3 Å². The number of aromatic carboxylic acids is 1. The van der Waals surface area contributed by atoms with Crippen LogP contribution in [-0.2, 0) is 0 Å². The van der Waals surface area contributed by atoms with Crippen LogP contribution in [-0.4, -0.2) is 16.2 Å². The van der Waals surface area contributed by atoms with E-state index in [1.807, 2.05) is 0 Å². The van der Waals surface area contributed by atoms with Gasteiger partial charge in [-0.2, -0.15) is 0 Å². The van der Waals surface area contributed by atoms with Crippen molar-refractivity contribution in [1.82, 2.24) is 0 Å². The van der Waals surface area contributed by atoms with Gasteiger partial charge in [-0.3, -0.25) is 0 Å². The highest BCUT2D eigenvalue weighted by Gasteiger charge is 2.26. The number of carboxylic acids is 1. The second-order valence-corrected chi connectivity index (χ2v) is 5.65. The molecule has 17 heavy (non-hydrogen) atoms. The minimum absolute atomic E-state index is 0.231. The van der Waals surface area contributed by atoms with E-state index in [1.54, 1.807) is 11.4 Å². The van der Waals surface area contributed by atoms with Crippen molar-refractivity contribution < 1.29 is 15.0 Å². The Morgan fingerprint density at radius 2 is 1.94 bits per heavy atom. The predicted molar refractivity (Wildman–Crippen MR) is 67.4 cm³/mol. The highest BCUT2D eigenvalue weighted by molar-refractivity contribution is 7.10. The van der Waals surface area contributed by atoms with Crippen molar-refractivity contribution in [2.45, 2.75) is 44.6 Å². The number of hydrogen-bond donors (Lipinski definition) is 2. The second kappa shape index (κ2) is 5.65. The summed E-state index contributed by atoms with van der Waals surface area (Å²) in [6, 6.07) is 1.59. The van der Waals surface area contributed by atoms with Crippen LogP contribution in [0.15, 0.2) is 11.4 Å². The number of thiophene rings is 1. The number of hydrogen-bond acceptors (Lipinski definition) is 3. The average molecular weight is 254 g/mol. The molecule has 4 heteroatoms. The fraction of sp³-hybridized carbons (Fsp3) is 0.615. The maximum Gasteiger partial charge on any atom is 0.336 e. The molecule has 0 aromatic carbocycles. The third-order valence-electron chi connectivity index (χ3n) is 3.54. The van der Waals surface area contributed by atoms with Crippen molar-refractivity contribution in [2.75, 3.05) is 0 Å². The lowest BCUT2D eigenvalue weighted by molar-refractivity contribution is 0.0676. The summed E-state index contributed by atoms with van der Waals surface area (Å²) < 4.78 is 0. The molecule has 2 rings (SSSR count). The summed E-state index contributed by atoms with van der Waals surface area (Å²) >= 11 is 1.36. The summed E-state index contributed by atoms with van der Waals surface area (Å²) in [5, 5.41) is 21.1. The van der Waals surface area contributed by atoms with Crippen molar-refractivity contribution in [3.05, 3.63) is 21.9 Å². The molecular formula is C13H18O3S. The van der Waals surface area contributed by atoms with E-state index in [1.165, 1.54) is 24.2 Å². The van der Waals surface area contributed by atoms with Gasteiger partial charge in [-0.1, -0.05) is 25.7 Å². The van der Waals surface area contributed by atoms with Gasteiger partial charge in [-0.15, -0.1) is 11.3 Å². The van der Waals surface area contributed by atoms with Gasteiger partial charge in [-0.25, -0.2) is 4.79 Å². The lowest BCUT2D eigenvalue weighted by Gasteiger charge is -2.20. The van der Waals surface area contributed by atoms with Crippen molar-refractivity contribution in [1.29, 1.82) is 0 Å². The molecule has 1 aromatic heterocycles. The van der Waals surface area contributed by atoms with Gasteiger partial charge >= 0.3 is 5.97 Å². The average Bonchev–Trinajstić information content (AvgIpc) is 2.64. The van der Waals surface area contributed by atoms with E-state index in [2.05, 4.69) is 0 Å². The largest absolute Gasteiger partial charge is 0.478 e. The molecule has 1 aliphatic rings. The van der Waals surface area contributed by atoms with Crippen molar-refractivity contribution in [3.8, 4) is 0 Å². The van der Waals surface area contributed by atoms with Crippen LogP contribution in [0, 0.1) is 5.92 Å². The van der Waals surface area contributed by atoms with Gasteiger partial charge < -0.3 is 10.2 Å². The molecular weight excluding hydrogens is 236 g/mol. The van der Waals surface area contributed by atoms with Gasteiger partial charge in [0.15, 0.2) is 0 Å². The van der Waals surface area contributed by atoms with Crippen LogP contribution in [0.4, 0.5) is 0 Å². The monoisotopic (exact) mass is 254 g/mol. The molecule has 1 unspecified atom stereocenters. The van der Waals surface area contributed by atoms with E-state index >= 15 is 0 Å². The highest BCUT2D eigenvalue weighted by Crippen LogP contribution is 2.37. The lowest BCUT2D eigenvalue weighted by Crippen LogP contribution is -2.13. The van der Waals surface area contributed by atoms with Crippen LogP contribution in [0.25, 0.3) is 0 Å². The quantitative estimate of drug-likeness (QED) is 0.812.